The van der Waals surface area contributed by atoms with Crippen LogP contribution < -0.4 is 10.6 Å². The lowest BCUT2D eigenvalue weighted by molar-refractivity contribution is 0.820. The number of nitrogens with one attached hydrogen (secondary N) is 2. The molecule has 120 valence electrons. The third-order valence-corrected chi connectivity index (χ3v) is 3.72. The number of nitrogens with zero attached hydrogens (tertiary/aromatic N) is 4. The van der Waals surface area contributed by atoms with Gasteiger partial charge in [-0.15, -0.1) is 0 Å². The number of aryl methyl sites for hydroxylation is 1. The van der Waals surface area contributed by atoms with Crippen LogP contribution in [0.4, 0.5) is 5.82 Å². The molecule has 0 atom stereocenters. The molecule has 0 aromatic carbocycles. The molecular weight excluding hydrogens is 288 g/mol. The normalized spacial score (nSPS) is 11.0. The number of rotatable bonds is 7. The van der Waals surface area contributed by atoms with Crippen LogP contribution in [0.2, 0.25) is 0 Å². The van der Waals surface area contributed by atoms with Crippen molar-refractivity contribution in [3.8, 4) is 11.1 Å². The predicted octanol–water partition coefficient (Wildman–Crippen LogP) is 2.38. The molecule has 6 nitrogen and oxygen atoms in total. The van der Waals surface area contributed by atoms with Crippen molar-refractivity contribution >= 4 is 11.5 Å². The Morgan fingerprint density at radius 2 is 2.09 bits per heavy atom. The van der Waals surface area contributed by atoms with E-state index in [9.17, 15) is 0 Å². The van der Waals surface area contributed by atoms with Gasteiger partial charge in [0.2, 0.25) is 0 Å². The van der Waals surface area contributed by atoms with Crippen LogP contribution in [0.15, 0.2) is 36.8 Å². The summed E-state index contributed by atoms with van der Waals surface area (Å²) in [6.45, 7) is 3.88. The van der Waals surface area contributed by atoms with Gasteiger partial charge in [0.15, 0.2) is 5.65 Å². The van der Waals surface area contributed by atoms with Crippen molar-refractivity contribution in [1.82, 2.24) is 24.9 Å². The highest BCUT2D eigenvalue weighted by molar-refractivity contribution is 5.79. The maximum Gasteiger partial charge on any atom is 0.165 e. The van der Waals surface area contributed by atoms with E-state index in [2.05, 4.69) is 33.7 Å². The van der Waals surface area contributed by atoms with Gasteiger partial charge >= 0.3 is 0 Å². The van der Waals surface area contributed by atoms with Gasteiger partial charge in [-0.05, 0) is 25.6 Å². The molecule has 2 N–H and O–H groups in total. The molecule has 0 spiro atoms. The zero-order valence-electron chi connectivity index (χ0n) is 13.6. The molecule has 23 heavy (non-hydrogen) atoms. The monoisotopic (exact) mass is 310 g/mol. The molecule has 0 saturated heterocycles. The zero-order chi connectivity index (χ0) is 16.1. The topological polar surface area (TPSA) is 67.1 Å². The van der Waals surface area contributed by atoms with E-state index in [0.717, 1.165) is 54.2 Å². The van der Waals surface area contributed by atoms with E-state index < -0.39 is 0 Å². The molecule has 3 heterocycles. The van der Waals surface area contributed by atoms with Crippen molar-refractivity contribution < 1.29 is 0 Å². The third-order valence-electron chi connectivity index (χ3n) is 3.72. The first-order chi connectivity index (χ1) is 11.3. The van der Waals surface area contributed by atoms with Crippen molar-refractivity contribution in [3.63, 3.8) is 0 Å². The summed E-state index contributed by atoms with van der Waals surface area (Å²) in [7, 11) is 1.94. The first-order valence-corrected chi connectivity index (χ1v) is 8.00. The van der Waals surface area contributed by atoms with Gasteiger partial charge in [-0.1, -0.05) is 19.4 Å². The minimum atomic E-state index is 0.830. The van der Waals surface area contributed by atoms with E-state index in [1.807, 2.05) is 37.8 Å². The number of pyridine rings is 1. The highest BCUT2D eigenvalue weighted by Crippen LogP contribution is 2.27. The fourth-order valence-corrected chi connectivity index (χ4v) is 2.59. The molecule has 3 aromatic rings. The van der Waals surface area contributed by atoms with Crippen molar-refractivity contribution in [3.05, 3.63) is 42.5 Å². The Labute approximate surface area is 136 Å². The smallest absolute Gasteiger partial charge is 0.165 e. The van der Waals surface area contributed by atoms with Crippen LogP contribution in [0.3, 0.4) is 0 Å². The lowest BCUT2D eigenvalue weighted by atomic mass is 10.0. The van der Waals surface area contributed by atoms with E-state index in [4.69, 9.17) is 4.98 Å². The summed E-state index contributed by atoms with van der Waals surface area (Å²) in [5.41, 5.74) is 4.09. The molecule has 3 rings (SSSR count). The van der Waals surface area contributed by atoms with Crippen LogP contribution in [-0.2, 0) is 6.42 Å². The maximum absolute atomic E-state index is 4.72. The Hall–Kier alpha value is -2.47. The fraction of sp³-hybridized carbons (Fsp3) is 0.353. The average molecular weight is 310 g/mol. The zero-order valence-corrected chi connectivity index (χ0v) is 13.6. The molecule has 0 radical (unpaired) electrons. The Balaban J connectivity index is 1.99. The Morgan fingerprint density at radius 1 is 1.17 bits per heavy atom. The first kappa shape index (κ1) is 15.4. The van der Waals surface area contributed by atoms with E-state index in [1.165, 1.54) is 0 Å². The predicted molar refractivity (Wildman–Crippen MR) is 92.6 cm³/mol. The van der Waals surface area contributed by atoms with E-state index in [0.29, 0.717) is 0 Å². The maximum atomic E-state index is 4.72. The molecule has 0 fully saturated rings. The average Bonchev–Trinajstić information content (AvgIpc) is 2.99. The highest BCUT2D eigenvalue weighted by atomic mass is 15.2. The second-order valence-electron chi connectivity index (χ2n) is 5.42. The highest BCUT2D eigenvalue weighted by Gasteiger charge is 2.12. The minimum Gasteiger partial charge on any atom is -0.369 e. The van der Waals surface area contributed by atoms with Crippen LogP contribution in [0.25, 0.3) is 16.8 Å². The van der Waals surface area contributed by atoms with E-state index in [-0.39, 0.29) is 0 Å². The summed E-state index contributed by atoms with van der Waals surface area (Å²) in [6, 6.07) is 6.00. The quantitative estimate of drug-likeness (QED) is 0.656. The minimum absolute atomic E-state index is 0.830. The number of hydrogen-bond donors (Lipinski definition) is 2. The summed E-state index contributed by atoms with van der Waals surface area (Å²) < 4.78 is 1.81. The summed E-state index contributed by atoms with van der Waals surface area (Å²) >= 11 is 0. The lowest BCUT2D eigenvalue weighted by Crippen LogP contribution is -2.18. The van der Waals surface area contributed by atoms with Gasteiger partial charge in [-0.3, -0.25) is 4.98 Å². The standard InChI is InChI=1S/C17H22N6/c1-3-5-15-13(6-4-8-19-15)14-12-21-23-11-7-16(22-17(14)23)20-10-9-18-2/h4,6-8,11-12,18H,3,5,9-10H2,1-2H3,(H,20,22). The second kappa shape index (κ2) is 7.19. The van der Waals surface area contributed by atoms with Gasteiger partial charge < -0.3 is 10.6 Å². The first-order valence-electron chi connectivity index (χ1n) is 8.00. The molecule has 6 heteroatoms. The molecule has 0 aliphatic heterocycles. The van der Waals surface area contributed by atoms with Crippen molar-refractivity contribution in [1.29, 1.82) is 0 Å². The number of hydrogen-bond acceptors (Lipinski definition) is 5. The number of likely N-dealkylation sites (N-methyl/N-ethyl adjacent to an activating group) is 1. The lowest BCUT2D eigenvalue weighted by Gasteiger charge is -2.08. The Bertz CT molecular complexity index is 780. The van der Waals surface area contributed by atoms with Crippen molar-refractivity contribution in [2.75, 3.05) is 25.5 Å². The Morgan fingerprint density at radius 3 is 2.91 bits per heavy atom. The fourth-order valence-electron chi connectivity index (χ4n) is 2.59. The summed E-state index contributed by atoms with van der Waals surface area (Å²) in [4.78, 5) is 9.24. The molecule has 3 aromatic heterocycles. The van der Waals surface area contributed by atoms with E-state index >= 15 is 0 Å². The molecule has 0 aliphatic carbocycles. The number of fused-ring (bicyclic) bond motifs is 1. The summed E-state index contributed by atoms with van der Waals surface area (Å²) in [5.74, 6) is 0.857. The van der Waals surface area contributed by atoms with Crippen molar-refractivity contribution in [2.24, 2.45) is 0 Å². The molecule has 0 saturated carbocycles. The summed E-state index contributed by atoms with van der Waals surface area (Å²) in [6.07, 6.45) is 7.67. The molecular formula is C17H22N6. The third kappa shape index (κ3) is 3.32. The van der Waals surface area contributed by atoms with E-state index in [1.54, 1.807) is 4.52 Å². The van der Waals surface area contributed by atoms with Gasteiger partial charge in [-0.25, -0.2) is 9.50 Å². The van der Waals surface area contributed by atoms with Crippen LogP contribution in [0, 0.1) is 0 Å². The second-order valence-corrected chi connectivity index (χ2v) is 5.42. The largest absolute Gasteiger partial charge is 0.369 e. The van der Waals surface area contributed by atoms with Gasteiger partial charge in [0.1, 0.15) is 5.82 Å². The summed E-state index contributed by atoms with van der Waals surface area (Å²) in [5, 5.41) is 10.8. The molecule has 0 bridgehead atoms. The van der Waals surface area contributed by atoms with Crippen LogP contribution in [0.5, 0.6) is 0 Å². The van der Waals surface area contributed by atoms with Crippen LogP contribution >= 0.6 is 0 Å². The van der Waals surface area contributed by atoms with Gasteiger partial charge in [-0.2, -0.15) is 5.10 Å². The Kier molecular flexibility index (Phi) is 4.83. The van der Waals surface area contributed by atoms with Gasteiger partial charge in [0.25, 0.3) is 0 Å². The number of anilines is 1. The van der Waals surface area contributed by atoms with Crippen LogP contribution in [0.1, 0.15) is 19.0 Å². The van der Waals surface area contributed by atoms with Crippen LogP contribution in [-0.4, -0.2) is 39.7 Å². The SMILES string of the molecule is CCCc1ncccc1-c1cnn2ccc(NCCNC)nc12. The van der Waals surface area contributed by atoms with Crippen molar-refractivity contribution in [2.45, 2.75) is 19.8 Å². The van der Waals surface area contributed by atoms with Gasteiger partial charge in [0.05, 0.1) is 6.20 Å². The molecule has 0 unspecified atom stereocenters. The van der Waals surface area contributed by atoms with Gasteiger partial charge in [0, 0.05) is 42.3 Å². The molecule has 0 amide bonds. The molecule has 0 aliphatic rings. The number of aromatic nitrogens is 4.